The largest absolute Gasteiger partial charge is 0.497 e. The number of hydrogen-bond donors (Lipinski definition) is 0. The monoisotopic (exact) mass is 243 g/mol. The summed E-state index contributed by atoms with van der Waals surface area (Å²) in [6.45, 7) is 6.82. The predicted octanol–water partition coefficient (Wildman–Crippen LogP) is 4.42. The topological polar surface area (TPSA) is 14.2 Å². The van der Waals surface area contributed by atoms with Gasteiger partial charge in [-0.1, -0.05) is 13.8 Å². The summed E-state index contributed by atoms with van der Waals surface area (Å²) in [6, 6.07) is 7.21. The van der Waals surface area contributed by atoms with E-state index < -0.39 is 0 Å². The Morgan fingerprint density at radius 3 is 2.56 bits per heavy atom. The number of benzene rings is 1. The zero-order valence-corrected chi connectivity index (χ0v) is 11.7. The van der Waals surface area contributed by atoms with E-state index in [1.54, 1.807) is 7.11 Å². The lowest BCUT2D eigenvalue weighted by molar-refractivity contribution is 0.415. The smallest absolute Gasteiger partial charge is 0.119 e. The van der Waals surface area contributed by atoms with Gasteiger partial charge in [0.25, 0.3) is 0 Å². The Labute approximate surface area is 109 Å². The molecule has 0 radical (unpaired) electrons. The van der Waals surface area contributed by atoms with Crippen molar-refractivity contribution in [3.63, 3.8) is 0 Å². The van der Waals surface area contributed by atoms with E-state index in [1.165, 1.54) is 35.0 Å². The fourth-order valence-corrected chi connectivity index (χ4v) is 3.11. The minimum atomic E-state index is 0.555. The average Bonchev–Trinajstić information content (AvgIpc) is 3.11. The number of hydrogen-bond acceptors (Lipinski definition) is 1. The summed E-state index contributed by atoms with van der Waals surface area (Å²) in [6.07, 6.45) is 2.66. The van der Waals surface area contributed by atoms with E-state index in [0.717, 1.165) is 11.8 Å². The summed E-state index contributed by atoms with van der Waals surface area (Å²) in [4.78, 5) is 0. The van der Waals surface area contributed by atoms with Crippen LogP contribution in [0.4, 0.5) is 0 Å². The molecule has 0 N–H and O–H groups in total. The van der Waals surface area contributed by atoms with E-state index in [9.17, 15) is 0 Å². The third-order valence-corrected chi connectivity index (χ3v) is 3.99. The maximum absolute atomic E-state index is 5.37. The van der Waals surface area contributed by atoms with Gasteiger partial charge in [0, 0.05) is 22.6 Å². The van der Waals surface area contributed by atoms with E-state index >= 15 is 0 Å². The molecule has 3 rings (SSSR count). The van der Waals surface area contributed by atoms with Crippen LogP contribution in [0.25, 0.3) is 10.9 Å². The molecule has 1 fully saturated rings. The SMILES string of the molecule is COc1ccc2c(c1)c(C(C)C)c(C)n2C1CC1. The molecule has 1 aromatic heterocycles. The second kappa shape index (κ2) is 4.04. The molecule has 96 valence electrons. The lowest BCUT2D eigenvalue weighted by Gasteiger charge is -2.08. The van der Waals surface area contributed by atoms with E-state index in [-0.39, 0.29) is 0 Å². The Hall–Kier alpha value is -1.44. The van der Waals surface area contributed by atoms with Gasteiger partial charge in [0.15, 0.2) is 0 Å². The number of methoxy groups -OCH3 is 1. The first kappa shape index (κ1) is 11.6. The van der Waals surface area contributed by atoms with Crippen LogP contribution in [0.3, 0.4) is 0 Å². The fraction of sp³-hybridized carbons (Fsp3) is 0.500. The van der Waals surface area contributed by atoms with Crippen LogP contribution in [-0.2, 0) is 0 Å². The van der Waals surface area contributed by atoms with Gasteiger partial charge < -0.3 is 9.30 Å². The highest BCUT2D eigenvalue weighted by atomic mass is 16.5. The Kier molecular flexibility index (Phi) is 2.61. The number of nitrogens with zero attached hydrogens (tertiary/aromatic N) is 1. The van der Waals surface area contributed by atoms with Crippen LogP contribution in [0.1, 0.15) is 49.9 Å². The van der Waals surface area contributed by atoms with Crippen LogP contribution in [-0.4, -0.2) is 11.7 Å². The number of ether oxygens (including phenoxy) is 1. The number of rotatable bonds is 3. The van der Waals surface area contributed by atoms with Gasteiger partial charge in [-0.25, -0.2) is 0 Å². The summed E-state index contributed by atoms with van der Waals surface area (Å²) in [7, 11) is 1.74. The molecule has 0 aliphatic heterocycles. The molecule has 1 aliphatic carbocycles. The summed E-state index contributed by atoms with van der Waals surface area (Å²) in [5, 5.41) is 1.37. The van der Waals surface area contributed by atoms with Crippen molar-refractivity contribution in [3.8, 4) is 5.75 Å². The lowest BCUT2D eigenvalue weighted by atomic mass is 10.00. The third kappa shape index (κ3) is 1.63. The first-order chi connectivity index (χ1) is 8.63. The van der Waals surface area contributed by atoms with Crippen molar-refractivity contribution in [2.75, 3.05) is 7.11 Å². The van der Waals surface area contributed by atoms with Gasteiger partial charge in [-0.15, -0.1) is 0 Å². The van der Waals surface area contributed by atoms with E-state index in [4.69, 9.17) is 4.74 Å². The quantitative estimate of drug-likeness (QED) is 0.778. The number of fused-ring (bicyclic) bond motifs is 1. The van der Waals surface area contributed by atoms with E-state index in [1.807, 2.05) is 0 Å². The number of aromatic nitrogens is 1. The van der Waals surface area contributed by atoms with Crippen LogP contribution in [0.2, 0.25) is 0 Å². The van der Waals surface area contributed by atoms with Crippen molar-refractivity contribution in [3.05, 3.63) is 29.5 Å². The van der Waals surface area contributed by atoms with Gasteiger partial charge >= 0.3 is 0 Å². The highest BCUT2D eigenvalue weighted by Crippen LogP contribution is 2.43. The standard InChI is InChI=1S/C16H21NO/c1-10(2)16-11(3)17(12-5-6-12)15-8-7-13(18-4)9-14(15)16/h7-10,12H,5-6H2,1-4H3. The molecule has 2 aromatic rings. The van der Waals surface area contributed by atoms with Gasteiger partial charge in [-0.2, -0.15) is 0 Å². The molecule has 0 unspecified atom stereocenters. The molecule has 0 amide bonds. The van der Waals surface area contributed by atoms with E-state index in [0.29, 0.717) is 5.92 Å². The Bertz CT molecular complexity index is 591. The summed E-state index contributed by atoms with van der Waals surface area (Å²) >= 11 is 0. The maximum Gasteiger partial charge on any atom is 0.119 e. The molecule has 2 nitrogen and oxygen atoms in total. The molecule has 1 heterocycles. The zero-order valence-electron chi connectivity index (χ0n) is 11.7. The van der Waals surface area contributed by atoms with Gasteiger partial charge in [0.2, 0.25) is 0 Å². The molecular formula is C16H21NO. The minimum Gasteiger partial charge on any atom is -0.497 e. The molecular weight excluding hydrogens is 222 g/mol. The van der Waals surface area contributed by atoms with Gasteiger partial charge in [-0.3, -0.25) is 0 Å². The minimum absolute atomic E-state index is 0.555. The third-order valence-electron chi connectivity index (χ3n) is 3.99. The molecule has 0 atom stereocenters. The van der Waals surface area contributed by atoms with Crippen molar-refractivity contribution in [2.45, 2.75) is 45.6 Å². The summed E-state index contributed by atoms with van der Waals surface area (Å²) < 4.78 is 7.90. The van der Waals surface area contributed by atoms with Gasteiger partial charge in [-0.05, 0) is 49.4 Å². The van der Waals surface area contributed by atoms with Gasteiger partial charge in [0.05, 0.1) is 7.11 Å². The summed E-state index contributed by atoms with van der Waals surface area (Å²) in [5.74, 6) is 1.51. The summed E-state index contributed by atoms with van der Waals surface area (Å²) in [5.41, 5.74) is 4.30. The van der Waals surface area contributed by atoms with Crippen LogP contribution in [0.5, 0.6) is 5.75 Å². The highest BCUT2D eigenvalue weighted by Gasteiger charge is 2.28. The fourth-order valence-electron chi connectivity index (χ4n) is 3.11. The average molecular weight is 243 g/mol. The second-order valence-electron chi connectivity index (χ2n) is 5.64. The second-order valence-corrected chi connectivity index (χ2v) is 5.64. The highest BCUT2D eigenvalue weighted by molar-refractivity contribution is 5.87. The van der Waals surface area contributed by atoms with Crippen molar-refractivity contribution in [2.24, 2.45) is 0 Å². The van der Waals surface area contributed by atoms with Gasteiger partial charge in [0.1, 0.15) is 5.75 Å². The lowest BCUT2D eigenvalue weighted by Crippen LogP contribution is -1.98. The van der Waals surface area contributed by atoms with Crippen LogP contribution < -0.4 is 4.74 Å². The molecule has 1 aliphatic rings. The Morgan fingerprint density at radius 2 is 2.00 bits per heavy atom. The zero-order chi connectivity index (χ0) is 12.9. The maximum atomic E-state index is 5.37. The molecule has 0 saturated heterocycles. The van der Waals surface area contributed by atoms with Crippen molar-refractivity contribution in [1.82, 2.24) is 4.57 Å². The Morgan fingerprint density at radius 1 is 1.28 bits per heavy atom. The first-order valence-electron chi connectivity index (χ1n) is 6.82. The predicted molar refractivity (Wildman–Crippen MR) is 75.6 cm³/mol. The van der Waals surface area contributed by atoms with Crippen molar-refractivity contribution >= 4 is 10.9 Å². The Balaban J connectivity index is 2.32. The molecule has 1 aromatic carbocycles. The molecule has 1 saturated carbocycles. The molecule has 2 heteroatoms. The van der Waals surface area contributed by atoms with Crippen LogP contribution >= 0.6 is 0 Å². The van der Waals surface area contributed by atoms with Crippen molar-refractivity contribution < 1.29 is 4.74 Å². The normalized spacial score (nSPS) is 15.6. The van der Waals surface area contributed by atoms with Crippen LogP contribution in [0.15, 0.2) is 18.2 Å². The van der Waals surface area contributed by atoms with Crippen molar-refractivity contribution in [1.29, 1.82) is 0 Å². The van der Waals surface area contributed by atoms with Crippen LogP contribution in [0, 0.1) is 6.92 Å². The first-order valence-corrected chi connectivity index (χ1v) is 6.82. The molecule has 18 heavy (non-hydrogen) atoms. The molecule has 0 bridgehead atoms. The van der Waals surface area contributed by atoms with E-state index in [2.05, 4.69) is 43.5 Å². The molecule has 0 spiro atoms.